The molecule has 0 saturated carbocycles. The van der Waals surface area contributed by atoms with Crippen molar-refractivity contribution in [3.8, 4) is 0 Å². The number of carboxylic acid groups (broad SMARTS) is 1. The molecule has 1 atom stereocenters. The number of carbonyl (C=O) groups is 1. The number of halogens is 1. The maximum atomic E-state index is 10.8. The Morgan fingerprint density at radius 2 is 2.22 bits per heavy atom. The van der Waals surface area contributed by atoms with Crippen molar-refractivity contribution in [2.24, 2.45) is 0 Å². The number of benzene rings is 1. The molecule has 1 aromatic heterocycles. The highest BCUT2D eigenvalue weighted by Crippen LogP contribution is 2.31. The van der Waals surface area contributed by atoms with Crippen LogP contribution in [0.4, 0.5) is 0 Å². The van der Waals surface area contributed by atoms with E-state index in [1.54, 1.807) is 0 Å². The summed E-state index contributed by atoms with van der Waals surface area (Å²) in [6.45, 7) is 4.89. The molecule has 0 saturated heterocycles. The lowest BCUT2D eigenvalue weighted by molar-refractivity contribution is -0.137. The molecular formula is C14H16BrNO2. The summed E-state index contributed by atoms with van der Waals surface area (Å²) in [5.41, 5.74) is 2.24. The summed E-state index contributed by atoms with van der Waals surface area (Å²) in [5, 5.41) is 10.1. The molecule has 3 nitrogen and oxygen atoms in total. The van der Waals surface area contributed by atoms with E-state index in [2.05, 4.69) is 39.6 Å². The Hall–Kier alpha value is -1.29. The second kappa shape index (κ2) is 5.14. The largest absolute Gasteiger partial charge is 0.481 e. The quantitative estimate of drug-likeness (QED) is 0.927. The fourth-order valence-corrected chi connectivity index (χ4v) is 2.87. The molecule has 0 amide bonds. The Bertz CT molecular complexity index is 589. The zero-order valence-corrected chi connectivity index (χ0v) is 12.1. The first-order valence-electron chi connectivity index (χ1n) is 6.04. The first-order chi connectivity index (χ1) is 8.54. The lowest BCUT2D eigenvalue weighted by Crippen LogP contribution is -2.08. The number of hydrogen-bond donors (Lipinski definition) is 1. The van der Waals surface area contributed by atoms with Gasteiger partial charge in [-0.2, -0.15) is 0 Å². The van der Waals surface area contributed by atoms with Crippen molar-refractivity contribution in [3.05, 3.63) is 34.4 Å². The molecule has 0 fully saturated rings. The first kappa shape index (κ1) is 13.1. The average Bonchev–Trinajstić information content (AvgIpc) is 2.68. The highest BCUT2D eigenvalue weighted by atomic mass is 79.9. The highest BCUT2D eigenvalue weighted by molar-refractivity contribution is 9.10. The minimum atomic E-state index is -0.755. The molecule has 0 aliphatic heterocycles. The third kappa shape index (κ3) is 2.29. The minimum Gasteiger partial charge on any atom is -0.481 e. The third-order valence-electron chi connectivity index (χ3n) is 3.23. The average molecular weight is 310 g/mol. The van der Waals surface area contributed by atoms with Crippen LogP contribution in [-0.2, 0) is 11.3 Å². The summed E-state index contributed by atoms with van der Waals surface area (Å²) in [7, 11) is 0. The SMILES string of the molecule is CCn1c(C(C)CC(=O)O)cc2c(Br)cccc21. The fraction of sp³-hybridized carbons (Fsp3) is 0.357. The molecular weight excluding hydrogens is 294 g/mol. The van der Waals surface area contributed by atoms with Gasteiger partial charge < -0.3 is 9.67 Å². The number of rotatable bonds is 4. The van der Waals surface area contributed by atoms with Crippen LogP contribution < -0.4 is 0 Å². The lowest BCUT2D eigenvalue weighted by atomic mass is 10.0. The lowest BCUT2D eigenvalue weighted by Gasteiger charge is -2.13. The molecule has 1 unspecified atom stereocenters. The molecule has 0 radical (unpaired) electrons. The van der Waals surface area contributed by atoms with Crippen molar-refractivity contribution >= 4 is 32.8 Å². The molecule has 0 spiro atoms. The first-order valence-corrected chi connectivity index (χ1v) is 6.83. The molecule has 2 aromatic rings. The molecule has 4 heteroatoms. The molecule has 0 aliphatic carbocycles. The predicted octanol–water partition coefficient (Wildman–Crippen LogP) is 4.00. The smallest absolute Gasteiger partial charge is 0.304 e. The van der Waals surface area contributed by atoms with Crippen LogP contribution in [0.25, 0.3) is 10.9 Å². The maximum absolute atomic E-state index is 10.8. The zero-order chi connectivity index (χ0) is 13.3. The molecule has 0 aliphatic rings. The van der Waals surface area contributed by atoms with Crippen molar-refractivity contribution in [1.29, 1.82) is 0 Å². The molecule has 1 N–H and O–H groups in total. The molecule has 96 valence electrons. The van der Waals surface area contributed by atoms with Gasteiger partial charge in [0.15, 0.2) is 0 Å². The fourth-order valence-electron chi connectivity index (χ4n) is 2.40. The van der Waals surface area contributed by atoms with Gasteiger partial charge in [-0.3, -0.25) is 4.79 Å². The molecule has 1 aromatic carbocycles. The van der Waals surface area contributed by atoms with E-state index in [4.69, 9.17) is 5.11 Å². The van der Waals surface area contributed by atoms with Crippen LogP contribution in [-0.4, -0.2) is 15.6 Å². The van der Waals surface area contributed by atoms with Gasteiger partial charge in [0.1, 0.15) is 0 Å². The summed E-state index contributed by atoms with van der Waals surface area (Å²) < 4.78 is 3.24. The highest BCUT2D eigenvalue weighted by Gasteiger charge is 2.17. The van der Waals surface area contributed by atoms with E-state index in [9.17, 15) is 4.79 Å². The molecule has 0 bridgehead atoms. The number of aliphatic carboxylic acids is 1. The molecule has 2 rings (SSSR count). The standard InChI is InChI=1S/C14H16BrNO2/c1-3-16-12-6-4-5-11(15)10(12)8-13(16)9(2)7-14(17)18/h4-6,8-9H,3,7H2,1-2H3,(H,17,18). The Kier molecular flexibility index (Phi) is 3.76. The van der Waals surface area contributed by atoms with Crippen molar-refractivity contribution in [2.75, 3.05) is 0 Å². The molecule has 18 heavy (non-hydrogen) atoms. The normalized spacial score (nSPS) is 12.8. The van der Waals surface area contributed by atoms with Gasteiger partial charge in [0, 0.05) is 33.5 Å². The van der Waals surface area contributed by atoms with Crippen LogP contribution in [0.2, 0.25) is 0 Å². The van der Waals surface area contributed by atoms with Gasteiger partial charge in [-0.1, -0.05) is 28.9 Å². The van der Waals surface area contributed by atoms with Crippen molar-refractivity contribution in [3.63, 3.8) is 0 Å². The summed E-state index contributed by atoms with van der Waals surface area (Å²) >= 11 is 3.54. The van der Waals surface area contributed by atoms with Crippen molar-refractivity contribution < 1.29 is 9.90 Å². The van der Waals surface area contributed by atoms with Crippen LogP contribution in [0.1, 0.15) is 31.9 Å². The van der Waals surface area contributed by atoms with E-state index in [-0.39, 0.29) is 12.3 Å². The van der Waals surface area contributed by atoms with E-state index in [0.717, 1.165) is 27.6 Å². The Labute approximate surface area is 115 Å². The third-order valence-corrected chi connectivity index (χ3v) is 3.92. The van der Waals surface area contributed by atoms with E-state index >= 15 is 0 Å². The van der Waals surface area contributed by atoms with E-state index < -0.39 is 5.97 Å². The van der Waals surface area contributed by atoms with Gasteiger partial charge in [-0.05, 0) is 25.1 Å². The van der Waals surface area contributed by atoms with Crippen LogP contribution in [0.3, 0.4) is 0 Å². The number of aryl methyl sites for hydroxylation is 1. The van der Waals surface area contributed by atoms with Crippen molar-refractivity contribution in [1.82, 2.24) is 4.57 Å². The minimum absolute atomic E-state index is 0.0155. The Morgan fingerprint density at radius 1 is 1.50 bits per heavy atom. The van der Waals surface area contributed by atoms with E-state index in [0.29, 0.717) is 0 Å². The summed E-state index contributed by atoms with van der Waals surface area (Å²) in [4.78, 5) is 10.8. The Balaban J connectivity index is 2.56. The van der Waals surface area contributed by atoms with Crippen LogP contribution in [0.5, 0.6) is 0 Å². The summed E-state index contributed by atoms with van der Waals surface area (Å²) in [6.07, 6.45) is 0.161. The topological polar surface area (TPSA) is 42.2 Å². The number of hydrogen-bond acceptors (Lipinski definition) is 1. The summed E-state index contributed by atoms with van der Waals surface area (Å²) in [5.74, 6) is -0.740. The van der Waals surface area contributed by atoms with E-state index in [1.165, 1.54) is 0 Å². The predicted molar refractivity (Wildman–Crippen MR) is 76.0 cm³/mol. The van der Waals surface area contributed by atoms with Gasteiger partial charge in [0.25, 0.3) is 0 Å². The van der Waals surface area contributed by atoms with Gasteiger partial charge in [0.2, 0.25) is 0 Å². The Morgan fingerprint density at radius 3 is 2.83 bits per heavy atom. The number of carboxylic acids is 1. The number of fused-ring (bicyclic) bond motifs is 1. The van der Waals surface area contributed by atoms with Gasteiger partial charge in [-0.15, -0.1) is 0 Å². The zero-order valence-electron chi connectivity index (χ0n) is 10.5. The molecule has 1 heterocycles. The van der Waals surface area contributed by atoms with Gasteiger partial charge >= 0.3 is 5.97 Å². The van der Waals surface area contributed by atoms with Crippen LogP contribution >= 0.6 is 15.9 Å². The van der Waals surface area contributed by atoms with Crippen LogP contribution in [0, 0.1) is 0 Å². The maximum Gasteiger partial charge on any atom is 0.304 e. The van der Waals surface area contributed by atoms with Gasteiger partial charge in [-0.25, -0.2) is 0 Å². The van der Waals surface area contributed by atoms with Crippen molar-refractivity contribution in [2.45, 2.75) is 32.7 Å². The van der Waals surface area contributed by atoms with Gasteiger partial charge in [0.05, 0.1) is 6.42 Å². The summed E-state index contributed by atoms with van der Waals surface area (Å²) in [6, 6.07) is 8.18. The second-order valence-electron chi connectivity index (χ2n) is 4.49. The number of aromatic nitrogens is 1. The van der Waals surface area contributed by atoms with E-state index in [1.807, 2.05) is 19.1 Å². The second-order valence-corrected chi connectivity index (χ2v) is 5.34. The van der Waals surface area contributed by atoms with Crippen LogP contribution in [0.15, 0.2) is 28.7 Å². The monoisotopic (exact) mass is 309 g/mol. The number of nitrogens with zero attached hydrogens (tertiary/aromatic N) is 1.